The van der Waals surface area contributed by atoms with Crippen molar-refractivity contribution in [3.63, 3.8) is 0 Å². The smallest absolute Gasteiger partial charge is 0.269 e. The van der Waals surface area contributed by atoms with Crippen LogP contribution in [-0.4, -0.2) is 38.4 Å². The van der Waals surface area contributed by atoms with Gasteiger partial charge in [-0.05, 0) is 36.8 Å². The molecule has 7 heteroatoms. The number of rotatable bonds is 5. The van der Waals surface area contributed by atoms with E-state index >= 15 is 0 Å². The molecule has 0 spiro atoms. The fourth-order valence-corrected chi connectivity index (χ4v) is 2.25. The fourth-order valence-electron chi connectivity index (χ4n) is 2.25. The van der Waals surface area contributed by atoms with Gasteiger partial charge in [0.05, 0.1) is 6.54 Å². The number of carbonyl (C=O) groups is 3. The van der Waals surface area contributed by atoms with Crippen molar-refractivity contribution in [2.24, 2.45) is 0 Å². The van der Waals surface area contributed by atoms with Crippen molar-refractivity contribution in [2.45, 2.75) is 6.92 Å². The minimum Gasteiger partial charge on any atom is -0.378 e. The molecule has 3 amide bonds. The van der Waals surface area contributed by atoms with Crippen LogP contribution < -0.4 is 21.1 Å². The Morgan fingerprint density at radius 3 is 2.35 bits per heavy atom. The second-order valence-corrected chi connectivity index (χ2v) is 5.94. The first-order valence-corrected chi connectivity index (χ1v) is 8.09. The van der Waals surface area contributed by atoms with E-state index in [9.17, 15) is 14.4 Å². The Kier molecular flexibility index (Phi) is 6.32. The third kappa shape index (κ3) is 5.07. The highest BCUT2D eigenvalue weighted by molar-refractivity contribution is 5.99. The van der Waals surface area contributed by atoms with E-state index < -0.39 is 11.8 Å². The second kappa shape index (κ2) is 8.66. The van der Waals surface area contributed by atoms with Crippen LogP contribution in [0.2, 0.25) is 0 Å². The molecular weight excluding hydrogens is 332 g/mol. The van der Waals surface area contributed by atoms with E-state index in [4.69, 9.17) is 0 Å². The van der Waals surface area contributed by atoms with Crippen LogP contribution in [0.4, 0.5) is 5.69 Å². The first-order chi connectivity index (χ1) is 12.4. The molecule has 0 aromatic heterocycles. The molecule has 0 saturated heterocycles. The molecule has 2 aromatic rings. The highest BCUT2D eigenvalue weighted by Gasteiger charge is 2.11. The van der Waals surface area contributed by atoms with Gasteiger partial charge in [0.15, 0.2) is 0 Å². The Morgan fingerprint density at radius 1 is 0.923 bits per heavy atom. The molecule has 0 atom stereocenters. The number of nitrogens with one attached hydrogen (secondary N) is 3. The number of amides is 3. The maximum absolute atomic E-state index is 12.1. The summed E-state index contributed by atoms with van der Waals surface area (Å²) < 4.78 is 0. The van der Waals surface area contributed by atoms with E-state index in [1.165, 1.54) is 0 Å². The average Bonchev–Trinajstić information content (AvgIpc) is 2.64. The zero-order valence-electron chi connectivity index (χ0n) is 15.0. The van der Waals surface area contributed by atoms with Crippen LogP contribution in [0.5, 0.6) is 0 Å². The third-order valence-electron chi connectivity index (χ3n) is 3.74. The number of hydrazine groups is 1. The maximum atomic E-state index is 12.1. The Bertz CT molecular complexity index is 818. The molecule has 0 aliphatic heterocycles. The van der Waals surface area contributed by atoms with Crippen LogP contribution in [0.1, 0.15) is 26.3 Å². The zero-order chi connectivity index (χ0) is 19.1. The summed E-state index contributed by atoms with van der Waals surface area (Å²) in [6.45, 7) is 1.57. The normalized spacial score (nSPS) is 9.96. The second-order valence-electron chi connectivity index (χ2n) is 5.94. The number of benzene rings is 2. The monoisotopic (exact) mass is 354 g/mol. The van der Waals surface area contributed by atoms with Gasteiger partial charge in [0.1, 0.15) is 0 Å². The minimum absolute atomic E-state index is 0.245. The number of anilines is 1. The van der Waals surface area contributed by atoms with E-state index in [2.05, 4.69) is 16.2 Å². The Morgan fingerprint density at radius 2 is 1.65 bits per heavy atom. The van der Waals surface area contributed by atoms with Crippen LogP contribution in [-0.2, 0) is 4.79 Å². The molecule has 2 aromatic carbocycles. The van der Waals surface area contributed by atoms with Gasteiger partial charge in [-0.3, -0.25) is 25.2 Å². The summed E-state index contributed by atoms with van der Waals surface area (Å²) in [5.74, 6) is -1.31. The summed E-state index contributed by atoms with van der Waals surface area (Å²) in [5.41, 5.74) is 7.23. The summed E-state index contributed by atoms with van der Waals surface area (Å²) >= 11 is 0. The quantitative estimate of drug-likeness (QED) is 0.705. The molecule has 26 heavy (non-hydrogen) atoms. The van der Waals surface area contributed by atoms with Gasteiger partial charge >= 0.3 is 0 Å². The molecule has 3 N–H and O–H groups in total. The molecule has 7 nitrogen and oxygen atoms in total. The van der Waals surface area contributed by atoms with Crippen molar-refractivity contribution in [1.29, 1.82) is 0 Å². The SMILES string of the molecule is Cc1ccccc1C(=O)NCC(=O)NNC(=O)c1cccc(N(C)C)c1. The molecule has 0 bridgehead atoms. The Balaban J connectivity index is 1.83. The first kappa shape index (κ1) is 19.0. The van der Waals surface area contributed by atoms with Crippen molar-refractivity contribution >= 4 is 23.4 Å². The number of aryl methyl sites for hydroxylation is 1. The Labute approximate surface area is 152 Å². The van der Waals surface area contributed by atoms with Gasteiger partial charge in [0, 0.05) is 30.9 Å². The first-order valence-electron chi connectivity index (χ1n) is 8.09. The number of hydrogen-bond donors (Lipinski definition) is 3. The van der Waals surface area contributed by atoms with Crippen LogP contribution in [0.15, 0.2) is 48.5 Å². The van der Waals surface area contributed by atoms with E-state index in [-0.39, 0.29) is 12.5 Å². The topological polar surface area (TPSA) is 90.5 Å². The van der Waals surface area contributed by atoms with Gasteiger partial charge in [-0.2, -0.15) is 0 Å². The lowest BCUT2D eigenvalue weighted by atomic mass is 10.1. The lowest BCUT2D eigenvalue weighted by molar-refractivity contribution is -0.120. The highest BCUT2D eigenvalue weighted by atomic mass is 16.2. The molecule has 0 unspecified atom stereocenters. The molecule has 0 radical (unpaired) electrons. The van der Waals surface area contributed by atoms with Crippen LogP contribution >= 0.6 is 0 Å². The Hall–Kier alpha value is -3.35. The van der Waals surface area contributed by atoms with Crippen molar-refractivity contribution in [2.75, 3.05) is 25.5 Å². The predicted octanol–water partition coefficient (Wildman–Crippen LogP) is 1.25. The third-order valence-corrected chi connectivity index (χ3v) is 3.74. The van der Waals surface area contributed by atoms with E-state index in [0.29, 0.717) is 11.1 Å². The summed E-state index contributed by atoms with van der Waals surface area (Å²) in [4.78, 5) is 37.8. The molecule has 136 valence electrons. The van der Waals surface area contributed by atoms with Crippen molar-refractivity contribution in [1.82, 2.24) is 16.2 Å². The average molecular weight is 354 g/mol. The maximum Gasteiger partial charge on any atom is 0.269 e. The van der Waals surface area contributed by atoms with Crippen LogP contribution in [0, 0.1) is 6.92 Å². The van der Waals surface area contributed by atoms with Crippen molar-refractivity contribution in [3.05, 3.63) is 65.2 Å². The van der Waals surface area contributed by atoms with Gasteiger partial charge in [-0.15, -0.1) is 0 Å². The van der Waals surface area contributed by atoms with Gasteiger partial charge < -0.3 is 10.2 Å². The number of carbonyl (C=O) groups excluding carboxylic acids is 3. The molecule has 0 saturated carbocycles. The van der Waals surface area contributed by atoms with E-state index in [0.717, 1.165) is 11.3 Å². The number of nitrogens with zero attached hydrogens (tertiary/aromatic N) is 1. The molecule has 0 aliphatic rings. The van der Waals surface area contributed by atoms with Crippen molar-refractivity contribution in [3.8, 4) is 0 Å². The summed E-state index contributed by atoms with van der Waals surface area (Å²) in [6.07, 6.45) is 0. The number of hydrogen-bond acceptors (Lipinski definition) is 4. The molecular formula is C19H22N4O3. The van der Waals surface area contributed by atoms with Gasteiger partial charge in [0.25, 0.3) is 17.7 Å². The fraction of sp³-hybridized carbons (Fsp3) is 0.211. The minimum atomic E-state index is -0.524. The standard InChI is InChI=1S/C19H22N4O3/c1-13-7-4-5-10-16(13)19(26)20-12-17(24)21-22-18(25)14-8-6-9-15(11-14)23(2)3/h4-11H,12H2,1-3H3,(H,20,26)(H,21,24)(H,22,25). The van der Waals surface area contributed by atoms with Crippen LogP contribution in [0.25, 0.3) is 0 Å². The van der Waals surface area contributed by atoms with Crippen molar-refractivity contribution < 1.29 is 14.4 Å². The largest absolute Gasteiger partial charge is 0.378 e. The summed E-state index contributed by atoms with van der Waals surface area (Å²) in [7, 11) is 3.74. The predicted molar refractivity (Wildman–Crippen MR) is 99.9 cm³/mol. The van der Waals surface area contributed by atoms with E-state index in [1.807, 2.05) is 44.1 Å². The van der Waals surface area contributed by atoms with Gasteiger partial charge in [0.2, 0.25) is 0 Å². The molecule has 0 aliphatic carbocycles. The molecule has 2 rings (SSSR count). The van der Waals surface area contributed by atoms with Crippen LogP contribution in [0.3, 0.4) is 0 Å². The van der Waals surface area contributed by atoms with Gasteiger partial charge in [-0.25, -0.2) is 0 Å². The highest BCUT2D eigenvalue weighted by Crippen LogP contribution is 2.13. The molecule has 0 fully saturated rings. The van der Waals surface area contributed by atoms with Gasteiger partial charge in [-0.1, -0.05) is 24.3 Å². The zero-order valence-corrected chi connectivity index (χ0v) is 15.0. The van der Waals surface area contributed by atoms with E-state index in [1.54, 1.807) is 30.3 Å². The lowest BCUT2D eigenvalue weighted by Gasteiger charge is -2.14. The molecule has 0 heterocycles. The lowest BCUT2D eigenvalue weighted by Crippen LogP contribution is -2.46. The summed E-state index contributed by atoms with van der Waals surface area (Å²) in [6, 6.07) is 14.1. The summed E-state index contributed by atoms with van der Waals surface area (Å²) in [5, 5.41) is 2.52.